The van der Waals surface area contributed by atoms with E-state index in [0.717, 1.165) is 34.4 Å². The molecule has 3 aromatic rings. The highest BCUT2D eigenvalue weighted by Crippen LogP contribution is 2.56. The van der Waals surface area contributed by atoms with Crippen molar-refractivity contribution in [2.45, 2.75) is 55.5 Å². The van der Waals surface area contributed by atoms with Crippen LogP contribution in [0.15, 0.2) is 91.0 Å². The summed E-state index contributed by atoms with van der Waals surface area (Å²) in [5.41, 5.74) is 2.58. The van der Waals surface area contributed by atoms with Crippen molar-refractivity contribution in [3.8, 4) is 0 Å². The zero-order chi connectivity index (χ0) is 23.9. The van der Waals surface area contributed by atoms with Gasteiger partial charge in [-0.15, -0.1) is 0 Å². The Kier molecular flexibility index (Phi) is 5.76. The standard InChI is InChI=1S/C32H35NO2/c1-35-30(34)29(33-31-20-23-17-24(21-31)19-25(18-23)22-31)32(26-11-5-2-6-12-26,27-13-7-3-8-14-27)28-15-9-4-10-16-28/h2-16,23-25,29,33H,17-22H2,1H3. The summed E-state index contributed by atoms with van der Waals surface area (Å²) in [4.78, 5) is 13.9. The van der Waals surface area contributed by atoms with E-state index >= 15 is 0 Å². The summed E-state index contributed by atoms with van der Waals surface area (Å²) < 4.78 is 5.60. The van der Waals surface area contributed by atoms with Gasteiger partial charge in [0.25, 0.3) is 0 Å². The van der Waals surface area contributed by atoms with Crippen LogP contribution in [0.25, 0.3) is 0 Å². The van der Waals surface area contributed by atoms with Gasteiger partial charge < -0.3 is 4.74 Å². The predicted molar refractivity (Wildman–Crippen MR) is 139 cm³/mol. The molecular formula is C32H35NO2. The normalized spacial score (nSPS) is 28.0. The van der Waals surface area contributed by atoms with Crippen molar-refractivity contribution in [1.29, 1.82) is 0 Å². The van der Waals surface area contributed by atoms with Crippen molar-refractivity contribution in [1.82, 2.24) is 5.32 Å². The Morgan fingerprint density at radius 1 is 0.743 bits per heavy atom. The molecule has 3 heteroatoms. The maximum absolute atomic E-state index is 13.9. The van der Waals surface area contributed by atoms with Crippen molar-refractivity contribution in [2.24, 2.45) is 17.8 Å². The molecule has 0 aliphatic heterocycles. The summed E-state index contributed by atoms with van der Waals surface area (Å²) in [6, 6.07) is 31.0. The fourth-order valence-corrected chi connectivity index (χ4v) is 8.16. The second-order valence-electron chi connectivity index (χ2n) is 11.2. The number of hydrogen-bond donors (Lipinski definition) is 1. The molecule has 1 unspecified atom stereocenters. The highest BCUT2D eigenvalue weighted by molar-refractivity contribution is 5.81. The summed E-state index contributed by atoms with van der Waals surface area (Å²) in [5, 5.41) is 4.07. The minimum Gasteiger partial charge on any atom is -0.468 e. The van der Waals surface area contributed by atoms with Crippen LogP contribution in [0.3, 0.4) is 0 Å². The molecule has 180 valence electrons. The number of nitrogens with one attached hydrogen (secondary N) is 1. The SMILES string of the molecule is COC(=O)C(NC12CC3CC(CC(C3)C1)C2)C(c1ccccc1)(c1ccccc1)c1ccccc1. The molecule has 4 saturated carbocycles. The Morgan fingerprint density at radius 2 is 1.11 bits per heavy atom. The molecule has 0 amide bonds. The largest absolute Gasteiger partial charge is 0.468 e. The Morgan fingerprint density at radius 3 is 1.46 bits per heavy atom. The lowest BCUT2D eigenvalue weighted by Crippen LogP contribution is -2.66. The number of ether oxygens (including phenoxy) is 1. The summed E-state index contributed by atoms with van der Waals surface area (Å²) >= 11 is 0. The van der Waals surface area contributed by atoms with Crippen molar-refractivity contribution in [3.05, 3.63) is 108 Å². The monoisotopic (exact) mass is 465 g/mol. The van der Waals surface area contributed by atoms with Gasteiger partial charge in [0, 0.05) is 5.54 Å². The zero-order valence-corrected chi connectivity index (χ0v) is 20.5. The molecule has 0 radical (unpaired) electrons. The molecule has 0 aromatic heterocycles. The Balaban J connectivity index is 1.57. The van der Waals surface area contributed by atoms with E-state index in [9.17, 15) is 4.79 Å². The highest BCUT2D eigenvalue weighted by Gasteiger charge is 2.56. The van der Waals surface area contributed by atoms with E-state index in [0.29, 0.717) is 0 Å². The van der Waals surface area contributed by atoms with E-state index in [-0.39, 0.29) is 11.5 Å². The molecule has 0 spiro atoms. The number of esters is 1. The first-order valence-electron chi connectivity index (χ1n) is 13.1. The van der Waals surface area contributed by atoms with E-state index in [2.05, 4.69) is 78.1 Å². The fraction of sp³-hybridized carbons (Fsp3) is 0.406. The quantitative estimate of drug-likeness (QED) is 0.337. The van der Waals surface area contributed by atoms with Gasteiger partial charge in [-0.25, -0.2) is 0 Å². The maximum atomic E-state index is 13.9. The first kappa shape index (κ1) is 22.5. The van der Waals surface area contributed by atoms with Crippen molar-refractivity contribution >= 4 is 5.97 Å². The van der Waals surface area contributed by atoms with Crippen molar-refractivity contribution < 1.29 is 9.53 Å². The third-order valence-corrected chi connectivity index (χ3v) is 9.05. The molecule has 1 atom stereocenters. The molecule has 3 nitrogen and oxygen atoms in total. The molecule has 7 rings (SSSR count). The van der Waals surface area contributed by atoms with Gasteiger partial charge >= 0.3 is 5.97 Å². The average Bonchev–Trinajstić information content (AvgIpc) is 2.89. The number of carbonyl (C=O) groups excluding carboxylic acids is 1. The first-order valence-corrected chi connectivity index (χ1v) is 13.1. The summed E-state index contributed by atoms with van der Waals surface area (Å²) in [7, 11) is 1.53. The molecule has 35 heavy (non-hydrogen) atoms. The lowest BCUT2D eigenvalue weighted by molar-refractivity contribution is -0.146. The number of carbonyl (C=O) groups is 1. The van der Waals surface area contributed by atoms with Gasteiger partial charge in [-0.3, -0.25) is 10.1 Å². The van der Waals surface area contributed by atoms with Gasteiger partial charge in [0.15, 0.2) is 0 Å². The molecule has 3 aromatic carbocycles. The van der Waals surface area contributed by atoms with Gasteiger partial charge in [-0.1, -0.05) is 91.0 Å². The molecule has 4 fully saturated rings. The van der Waals surface area contributed by atoms with Crippen LogP contribution in [0.4, 0.5) is 0 Å². The zero-order valence-electron chi connectivity index (χ0n) is 20.5. The Labute approximate surface area is 208 Å². The summed E-state index contributed by atoms with van der Waals surface area (Å²) in [5.74, 6) is 2.15. The number of rotatable bonds is 7. The Hall–Kier alpha value is -2.91. The van der Waals surface area contributed by atoms with Gasteiger partial charge in [-0.05, 0) is 73.0 Å². The van der Waals surface area contributed by atoms with Gasteiger partial charge in [-0.2, -0.15) is 0 Å². The number of benzene rings is 3. The van der Waals surface area contributed by atoms with Crippen molar-refractivity contribution in [2.75, 3.05) is 7.11 Å². The van der Waals surface area contributed by atoms with Crippen LogP contribution >= 0.6 is 0 Å². The van der Waals surface area contributed by atoms with Gasteiger partial charge in [0.2, 0.25) is 0 Å². The Bertz CT molecular complexity index is 1030. The lowest BCUT2D eigenvalue weighted by atomic mass is 9.52. The topological polar surface area (TPSA) is 38.3 Å². The van der Waals surface area contributed by atoms with Gasteiger partial charge in [0.1, 0.15) is 6.04 Å². The van der Waals surface area contributed by atoms with E-state index in [4.69, 9.17) is 4.74 Å². The van der Waals surface area contributed by atoms with Crippen LogP contribution in [0.2, 0.25) is 0 Å². The van der Waals surface area contributed by atoms with Crippen LogP contribution in [-0.2, 0) is 14.9 Å². The minimum absolute atomic E-state index is 0.00278. The number of methoxy groups -OCH3 is 1. The molecule has 1 N–H and O–H groups in total. The third-order valence-electron chi connectivity index (χ3n) is 9.05. The predicted octanol–water partition coefficient (Wildman–Crippen LogP) is 6.12. The third kappa shape index (κ3) is 3.81. The number of hydrogen-bond acceptors (Lipinski definition) is 3. The lowest BCUT2D eigenvalue weighted by Gasteiger charge is -2.59. The van der Waals surface area contributed by atoms with E-state index in [1.54, 1.807) is 0 Å². The summed E-state index contributed by atoms with van der Waals surface area (Å²) in [6.07, 6.45) is 7.60. The van der Waals surface area contributed by atoms with Gasteiger partial charge in [0.05, 0.1) is 12.5 Å². The van der Waals surface area contributed by atoms with E-state index in [1.165, 1.54) is 45.6 Å². The minimum atomic E-state index is -0.722. The second kappa shape index (κ2) is 8.95. The molecular weight excluding hydrogens is 430 g/mol. The van der Waals surface area contributed by atoms with Crippen LogP contribution in [0.1, 0.15) is 55.2 Å². The smallest absolute Gasteiger partial charge is 0.324 e. The van der Waals surface area contributed by atoms with Crippen LogP contribution in [0.5, 0.6) is 0 Å². The van der Waals surface area contributed by atoms with Crippen LogP contribution in [-0.4, -0.2) is 24.7 Å². The summed E-state index contributed by atoms with van der Waals surface area (Å²) in [6.45, 7) is 0. The molecule has 4 aliphatic carbocycles. The molecule has 4 bridgehead atoms. The van der Waals surface area contributed by atoms with Crippen LogP contribution < -0.4 is 5.32 Å². The highest BCUT2D eigenvalue weighted by atomic mass is 16.5. The van der Waals surface area contributed by atoms with Crippen LogP contribution in [0, 0.1) is 17.8 Å². The first-order chi connectivity index (χ1) is 17.1. The second-order valence-corrected chi connectivity index (χ2v) is 11.2. The van der Waals surface area contributed by atoms with E-state index < -0.39 is 11.5 Å². The molecule has 0 heterocycles. The fourth-order valence-electron chi connectivity index (χ4n) is 8.16. The molecule has 4 aliphatic rings. The average molecular weight is 466 g/mol. The molecule has 0 saturated heterocycles. The van der Waals surface area contributed by atoms with Crippen molar-refractivity contribution in [3.63, 3.8) is 0 Å². The maximum Gasteiger partial charge on any atom is 0.324 e. The van der Waals surface area contributed by atoms with E-state index in [1.807, 2.05) is 18.2 Å².